The van der Waals surface area contributed by atoms with Gasteiger partial charge >= 0.3 is 0 Å². The van der Waals surface area contributed by atoms with Crippen molar-refractivity contribution in [3.63, 3.8) is 0 Å². The number of carbonyl (C=O) groups is 1. The van der Waals surface area contributed by atoms with Gasteiger partial charge in [0.25, 0.3) is 5.91 Å². The molecule has 0 bridgehead atoms. The molecule has 134 valence electrons. The van der Waals surface area contributed by atoms with E-state index in [2.05, 4.69) is 23.8 Å². The number of carbonyl (C=O) groups excluding carboxylic acids is 1. The lowest BCUT2D eigenvalue weighted by molar-refractivity contribution is 0.0437. The Morgan fingerprint density at radius 3 is 1.96 bits per heavy atom. The van der Waals surface area contributed by atoms with Gasteiger partial charge in [-0.25, -0.2) is 0 Å². The molecule has 1 aromatic heterocycles. The van der Waals surface area contributed by atoms with Crippen LogP contribution in [0, 0.1) is 0 Å². The van der Waals surface area contributed by atoms with Crippen LogP contribution in [0.2, 0.25) is 0 Å². The summed E-state index contributed by atoms with van der Waals surface area (Å²) in [5.41, 5.74) is 1.79. The first-order chi connectivity index (χ1) is 11.6. The quantitative estimate of drug-likeness (QED) is 0.805. The number of rotatable bonds is 4. The van der Waals surface area contributed by atoms with Crippen LogP contribution in [-0.2, 0) is 7.05 Å². The summed E-state index contributed by atoms with van der Waals surface area (Å²) in [6.07, 6.45) is 12.4. The Bertz CT molecular complexity index is 533. The molecule has 24 heavy (non-hydrogen) atoms. The van der Waals surface area contributed by atoms with E-state index in [0.717, 1.165) is 11.4 Å². The zero-order valence-corrected chi connectivity index (χ0v) is 15.6. The smallest absolute Gasteiger partial charge is 0.272 e. The minimum Gasteiger partial charge on any atom is -0.331 e. The molecule has 2 saturated carbocycles. The highest BCUT2D eigenvalue weighted by molar-refractivity contribution is 5.93. The molecule has 0 radical (unpaired) electrons. The van der Waals surface area contributed by atoms with Gasteiger partial charge in [-0.3, -0.25) is 9.48 Å². The highest BCUT2D eigenvalue weighted by Gasteiger charge is 2.34. The molecule has 4 heteroatoms. The van der Waals surface area contributed by atoms with Crippen LogP contribution in [-0.4, -0.2) is 32.7 Å². The van der Waals surface area contributed by atoms with Gasteiger partial charge in [-0.2, -0.15) is 5.10 Å². The maximum absolute atomic E-state index is 13.5. The van der Waals surface area contributed by atoms with Gasteiger partial charge in [0.1, 0.15) is 5.69 Å². The molecule has 0 saturated heterocycles. The number of nitrogens with zero attached hydrogens (tertiary/aromatic N) is 3. The molecular weight excluding hydrogens is 298 g/mol. The first-order valence-electron chi connectivity index (χ1n) is 9.94. The van der Waals surface area contributed by atoms with E-state index in [4.69, 9.17) is 0 Å². The van der Waals surface area contributed by atoms with Gasteiger partial charge in [0, 0.05) is 19.1 Å². The molecule has 1 heterocycles. The summed E-state index contributed by atoms with van der Waals surface area (Å²) in [6.45, 7) is 4.27. The molecule has 0 unspecified atom stereocenters. The maximum atomic E-state index is 13.5. The Balaban J connectivity index is 1.87. The fourth-order valence-corrected chi connectivity index (χ4v) is 4.45. The molecule has 3 rings (SSSR count). The number of hydrogen-bond donors (Lipinski definition) is 0. The standard InChI is InChI=1S/C20H33N3O/c1-15(2)18-14-19(22(3)21-18)20(24)23(16-10-6-4-7-11-16)17-12-8-5-9-13-17/h14-17H,4-13H2,1-3H3. The summed E-state index contributed by atoms with van der Waals surface area (Å²) in [5.74, 6) is 0.575. The van der Waals surface area contributed by atoms with Crippen molar-refractivity contribution in [2.75, 3.05) is 0 Å². The second kappa shape index (κ2) is 7.71. The van der Waals surface area contributed by atoms with Crippen molar-refractivity contribution < 1.29 is 4.79 Å². The predicted octanol–water partition coefficient (Wildman–Crippen LogP) is 4.65. The Kier molecular flexibility index (Phi) is 5.62. The third-order valence-corrected chi connectivity index (χ3v) is 5.88. The Hall–Kier alpha value is -1.32. The fourth-order valence-electron chi connectivity index (χ4n) is 4.45. The van der Waals surface area contributed by atoms with E-state index in [9.17, 15) is 4.79 Å². The first-order valence-corrected chi connectivity index (χ1v) is 9.94. The third-order valence-electron chi connectivity index (χ3n) is 5.88. The summed E-state index contributed by atoms with van der Waals surface area (Å²) in [5, 5.41) is 4.57. The molecule has 2 fully saturated rings. The van der Waals surface area contributed by atoms with Crippen LogP contribution < -0.4 is 0 Å². The molecule has 1 aromatic rings. The maximum Gasteiger partial charge on any atom is 0.272 e. The van der Waals surface area contributed by atoms with Crippen molar-refractivity contribution in [3.05, 3.63) is 17.5 Å². The molecule has 4 nitrogen and oxygen atoms in total. The minimum absolute atomic E-state index is 0.218. The van der Waals surface area contributed by atoms with E-state index in [1.807, 2.05) is 13.1 Å². The Labute approximate surface area is 146 Å². The van der Waals surface area contributed by atoms with Crippen molar-refractivity contribution in [2.45, 2.75) is 96.1 Å². The molecule has 0 aliphatic heterocycles. The summed E-state index contributed by atoms with van der Waals surface area (Å²) >= 11 is 0. The van der Waals surface area contributed by atoms with Crippen LogP contribution in [0.25, 0.3) is 0 Å². The lowest BCUT2D eigenvalue weighted by atomic mass is 9.88. The van der Waals surface area contributed by atoms with Gasteiger partial charge in [-0.15, -0.1) is 0 Å². The molecule has 2 aliphatic rings. The summed E-state index contributed by atoms with van der Waals surface area (Å²) in [7, 11) is 1.92. The molecule has 0 atom stereocenters. The minimum atomic E-state index is 0.218. The van der Waals surface area contributed by atoms with Crippen molar-refractivity contribution in [1.29, 1.82) is 0 Å². The number of aromatic nitrogens is 2. The largest absolute Gasteiger partial charge is 0.331 e. The predicted molar refractivity (Wildman–Crippen MR) is 97.2 cm³/mol. The highest BCUT2D eigenvalue weighted by Crippen LogP contribution is 2.31. The van der Waals surface area contributed by atoms with E-state index in [-0.39, 0.29) is 5.91 Å². The van der Waals surface area contributed by atoms with Crippen molar-refractivity contribution in [3.8, 4) is 0 Å². The second-order valence-corrected chi connectivity index (χ2v) is 8.03. The summed E-state index contributed by atoms with van der Waals surface area (Å²) < 4.78 is 1.80. The highest BCUT2D eigenvalue weighted by atomic mass is 16.2. The SMILES string of the molecule is CC(C)c1cc(C(=O)N(C2CCCCC2)C2CCCCC2)n(C)n1. The average molecular weight is 332 g/mol. The number of aryl methyl sites for hydroxylation is 1. The summed E-state index contributed by atoms with van der Waals surface area (Å²) in [6, 6.07) is 2.89. The van der Waals surface area contributed by atoms with Crippen LogP contribution >= 0.6 is 0 Å². The molecular formula is C20H33N3O. The topological polar surface area (TPSA) is 38.1 Å². The van der Waals surface area contributed by atoms with E-state index >= 15 is 0 Å². The lowest BCUT2D eigenvalue weighted by Gasteiger charge is -2.41. The second-order valence-electron chi connectivity index (χ2n) is 8.03. The van der Waals surface area contributed by atoms with E-state index in [0.29, 0.717) is 18.0 Å². The van der Waals surface area contributed by atoms with Gasteiger partial charge in [-0.1, -0.05) is 52.4 Å². The molecule has 0 N–H and O–H groups in total. The fraction of sp³-hybridized carbons (Fsp3) is 0.800. The number of amides is 1. The Morgan fingerprint density at radius 2 is 1.54 bits per heavy atom. The summed E-state index contributed by atoms with van der Waals surface area (Å²) in [4.78, 5) is 15.7. The van der Waals surface area contributed by atoms with Crippen molar-refractivity contribution >= 4 is 5.91 Å². The van der Waals surface area contributed by atoms with Gasteiger partial charge in [0.2, 0.25) is 0 Å². The van der Waals surface area contributed by atoms with E-state index in [1.165, 1.54) is 64.2 Å². The van der Waals surface area contributed by atoms with Gasteiger partial charge < -0.3 is 4.90 Å². The monoisotopic (exact) mass is 331 g/mol. The van der Waals surface area contributed by atoms with Crippen molar-refractivity contribution in [2.24, 2.45) is 7.05 Å². The van der Waals surface area contributed by atoms with Crippen molar-refractivity contribution in [1.82, 2.24) is 14.7 Å². The lowest BCUT2D eigenvalue weighted by Crippen LogP contribution is -2.49. The van der Waals surface area contributed by atoms with Crippen LogP contribution in [0.3, 0.4) is 0 Å². The normalized spacial score (nSPS) is 20.5. The molecule has 1 amide bonds. The van der Waals surface area contributed by atoms with E-state index < -0.39 is 0 Å². The molecule has 2 aliphatic carbocycles. The molecule has 0 aromatic carbocycles. The van der Waals surface area contributed by atoms with Crippen LogP contribution in [0.5, 0.6) is 0 Å². The first kappa shape index (κ1) is 17.5. The van der Waals surface area contributed by atoms with E-state index in [1.54, 1.807) is 4.68 Å². The Morgan fingerprint density at radius 1 is 1.04 bits per heavy atom. The van der Waals surface area contributed by atoms with Crippen LogP contribution in [0.15, 0.2) is 6.07 Å². The third kappa shape index (κ3) is 3.68. The number of hydrogen-bond acceptors (Lipinski definition) is 2. The zero-order valence-electron chi connectivity index (χ0n) is 15.6. The van der Waals surface area contributed by atoms with Gasteiger partial charge in [0.15, 0.2) is 0 Å². The van der Waals surface area contributed by atoms with Gasteiger partial charge in [-0.05, 0) is 37.7 Å². The zero-order chi connectivity index (χ0) is 17.1. The molecule has 0 spiro atoms. The average Bonchev–Trinajstić information content (AvgIpc) is 2.99. The van der Waals surface area contributed by atoms with Crippen LogP contribution in [0.4, 0.5) is 0 Å². The van der Waals surface area contributed by atoms with Crippen LogP contribution in [0.1, 0.15) is 100 Å². The van der Waals surface area contributed by atoms with Gasteiger partial charge in [0.05, 0.1) is 5.69 Å².